The van der Waals surface area contributed by atoms with Gasteiger partial charge in [-0.05, 0) is 26.6 Å². The number of methoxy groups -OCH3 is 1. The molecule has 0 aliphatic carbocycles. The summed E-state index contributed by atoms with van der Waals surface area (Å²) in [6.45, 7) is 9.10. The summed E-state index contributed by atoms with van der Waals surface area (Å²) in [7, 11) is 3.60. The molecule has 5 heteroatoms. The smallest absolute Gasteiger partial charge is 0.324 e. The van der Waals surface area contributed by atoms with E-state index in [0.29, 0.717) is 0 Å². The van der Waals surface area contributed by atoms with Gasteiger partial charge < -0.3 is 15.0 Å². The van der Waals surface area contributed by atoms with E-state index in [2.05, 4.69) is 22.2 Å². The van der Waals surface area contributed by atoms with Gasteiger partial charge in [-0.25, -0.2) is 0 Å². The third kappa shape index (κ3) is 5.33. The molecule has 1 rings (SSSR count). The Morgan fingerprint density at radius 3 is 2.61 bits per heavy atom. The number of hydrogen-bond donors (Lipinski definition) is 1. The fourth-order valence-corrected chi connectivity index (χ4v) is 2.28. The molecule has 0 aromatic rings. The maximum atomic E-state index is 11.7. The van der Waals surface area contributed by atoms with Crippen LogP contribution in [0.5, 0.6) is 0 Å². The van der Waals surface area contributed by atoms with E-state index in [0.717, 1.165) is 39.1 Å². The Morgan fingerprint density at radius 1 is 1.28 bits per heavy atom. The van der Waals surface area contributed by atoms with Gasteiger partial charge in [-0.3, -0.25) is 9.69 Å². The second-order valence-electron chi connectivity index (χ2n) is 5.35. The van der Waals surface area contributed by atoms with Crippen molar-refractivity contribution in [1.29, 1.82) is 0 Å². The second kappa shape index (κ2) is 7.71. The molecule has 0 bridgehead atoms. The molecule has 0 aromatic heterocycles. The Balaban J connectivity index is 2.50. The zero-order valence-corrected chi connectivity index (χ0v) is 12.1. The van der Waals surface area contributed by atoms with Crippen LogP contribution < -0.4 is 5.32 Å². The van der Waals surface area contributed by atoms with Crippen LogP contribution in [0.15, 0.2) is 0 Å². The predicted octanol–water partition coefficient (Wildman–Crippen LogP) is 0.164. The van der Waals surface area contributed by atoms with E-state index >= 15 is 0 Å². The first-order valence-corrected chi connectivity index (χ1v) is 6.77. The maximum Gasteiger partial charge on any atom is 0.324 e. The average Bonchev–Trinajstić information content (AvgIpc) is 2.52. The highest BCUT2D eigenvalue weighted by atomic mass is 16.5. The second-order valence-corrected chi connectivity index (χ2v) is 5.35. The van der Waals surface area contributed by atoms with Crippen LogP contribution in [0.2, 0.25) is 0 Å². The van der Waals surface area contributed by atoms with Crippen molar-refractivity contribution in [2.24, 2.45) is 0 Å². The monoisotopic (exact) mass is 257 g/mol. The fraction of sp³-hybridized carbons (Fsp3) is 0.923. The Kier molecular flexibility index (Phi) is 6.60. The first kappa shape index (κ1) is 15.4. The van der Waals surface area contributed by atoms with Crippen LogP contribution in [0.25, 0.3) is 0 Å². The van der Waals surface area contributed by atoms with Crippen molar-refractivity contribution in [2.75, 3.05) is 46.9 Å². The quantitative estimate of drug-likeness (QED) is 0.711. The van der Waals surface area contributed by atoms with E-state index in [1.165, 1.54) is 7.11 Å². The van der Waals surface area contributed by atoms with E-state index in [1.807, 2.05) is 13.8 Å². The van der Waals surface area contributed by atoms with E-state index in [4.69, 9.17) is 4.74 Å². The molecule has 0 radical (unpaired) electrons. The average molecular weight is 257 g/mol. The lowest BCUT2D eigenvalue weighted by Gasteiger charge is -2.26. The molecule has 106 valence electrons. The highest BCUT2D eigenvalue weighted by Crippen LogP contribution is 2.03. The van der Waals surface area contributed by atoms with Crippen LogP contribution in [0, 0.1) is 0 Å². The number of hydrogen-bond acceptors (Lipinski definition) is 5. The summed E-state index contributed by atoms with van der Waals surface area (Å²) in [5.74, 6) is -0.165. The topological polar surface area (TPSA) is 44.8 Å². The van der Waals surface area contributed by atoms with Crippen molar-refractivity contribution < 1.29 is 9.53 Å². The summed E-state index contributed by atoms with van der Waals surface area (Å²) in [6.07, 6.45) is 1.16. The zero-order chi connectivity index (χ0) is 13.5. The molecule has 1 unspecified atom stereocenters. The molecular formula is C13H27N3O2. The predicted molar refractivity (Wildman–Crippen MR) is 72.6 cm³/mol. The number of esters is 1. The molecular weight excluding hydrogens is 230 g/mol. The van der Waals surface area contributed by atoms with E-state index in [9.17, 15) is 4.79 Å². The lowest BCUT2D eigenvalue weighted by Crippen LogP contribution is -2.49. The maximum absolute atomic E-state index is 11.7. The van der Waals surface area contributed by atoms with E-state index in [-0.39, 0.29) is 18.1 Å². The third-order valence-electron chi connectivity index (χ3n) is 3.27. The minimum atomic E-state index is -0.224. The van der Waals surface area contributed by atoms with Gasteiger partial charge >= 0.3 is 5.97 Å². The largest absolute Gasteiger partial charge is 0.468 e. The number of carbonyl (C=O) groups is 1. The lowest BCUT2D eigenvalue weighted by atomic mass is 10.2. The molecule has 0 amide bonds. The van der Waals surface area contributed by atoms with Crippen LogP contribution >= 0.6 is 0 Å². The van der Waals surface area contributed by atoms with Gasteiger partial charge in [-0.15, -0.1) is 0 Å². The molecule has 18 heavy (non-hydrogen) atoms. The minimum Gasteiger partial charge on any atom is -0.468 e. The van der Waals surface area contributed by atoms with Crippen molar-refractivity contribution in [3.05, 3.63) is 0 Å². The molecule has 1 aliphatic heterocycles. The van der Waals surface area contributed by atoms with Gasteiger partial charge in [-0.2, -0.15) is 0 Å². The van der Waals surface area contributed by atoms with Crippen LogP contribution in [-0.4, -0.2) is 74.7 Å². The number of carbonyl (C=O) groups excluding carboxylic acids is 1. The first-order chi connectivity index (χ1) is 8.52. The van der Waals surface area contributed by atoms with Gasteiger partial charge in [0.1, 0.15) is 6.04 Å². The normalized spacial score (nSPS) is 20.7. The summed E-state index contributed by atoms with van der Waals surface area (Å²) in [4.78, 5) is 16.4. The number of nitrogens with zero attached hydrogens (tertiary/aromatic N) is 2. The summed E-state index contributed by atoms with van der Waals surface area (Å²) in [5.41, 5.74) is 0. The molecule has 1 aliphatic rings. The zero-order valence-electron chi connectivity index (χ0n) is 12.1. The van der Waals surface area contributed by atoms with Crippen molar-refractivity contribution >= 4 is 5.97 Å². The van der Waals surface area contributed by atoms with E-state index in [1.54, 1.807) is 0 Å². The molecule has 0 aromatic carbocycles. The number of ether oxygens (including phenoxy) is 1. The molecule has 1 N–H and O–H groups in total. The van der Waals surface area contributed by atoms with Gasteiger partial charge in [0.05, 0.1) is 7.11 Å². The molecule has 1 fully saturated rings. The summed E-state index contributed by atoms with van der Waals surface area (Å²) >= 11 is 0. The Hall–Kier alpha value is -0.650. The van der Waals surface area contributed by atoms with Gasteiger partial charge in [0.25, 0.3) is 0 Å². The molecule has 0 saturated carbocycles. The number of nitrogens with one attached hydrogen (secondary N) is 1. The summed E-state index contributed by atoms with van der Waals surface area (Å²) in [5, 5.41) is 3.28. The van der Waals surface area contributed by atoms with Crippen LogP contribution in [-0.2, 0) is 9.53 Å². The standard InChI is InChI=1S/C13H27N3O2/c1-11(2)14-12(13(17)18-4)10-16-7-5-6-15(3)8-9-16/h11-12,14H,5-10H2,1-4H3. The Labute approximate surface area is 110 Å². The summed E-state index contributed by atoms with van der Waals surface area (Å²) < 4.78 is 4.87. The SMILES string of the molecule is COC(=O)C(CN1CCCN(C)CC1)NC(C)C. The lowest BCUT2D eigenvalue weighted by molar-refractivity contribution is -0.143. The van der Waals surface area contributed by atoms with Crippen molar-refractivity contribution in [1.82, 2.24) is 15.1 Å². The van der Waals surface area contributed by atoms with Gasteiger partial charge in [0.15, 0.2) is 0 Å². The highest BCUT2D eigenvalue weighted by Gasteiger charge is 2.23. The van der Waals surface area contributed by atoms with Gasteiger partial charge in [0.2, 0.25) is 0 Å². The minimum absolute atomic E-state index is 0.165. The molecule has 1 atom stereocenters. The fourth-order valence-electron chi connectivity index (χ4n) is 2.28. The van der Waals surface area contributed by atoms with Crippen molar-refractivity contribution in [3.8, 4) is 0 Å². The first-order valence-electron chi connectivity index (χ1n) is 6.77. The Morgan fingerprint density at radius 2 is 2.00 bits per heavy atom. The van der Waals surface area contributed by atoms with Crippen LogP contribution in [0.4, 0.5) is 0 Å². The summed E-state index contributed by atoms with van der Waals surface area (Å²) in [6, 6.07) is 0.0576. The Bertz CT molecular complexity index is 259. The number of rotatable bonds is 5. The van der Waals surface area contributed by atoms with Crippen LogP contribution in [0.1, 0.15) is 20.3 Å². The molecule has 1 saturated heterocycles. The van der Waals surface area contributed by atoms with Gasteiger partial charge in [-0.1, -0.05) is 13.8 Å². The van der Waals surface area contributed by atoms with Crippen molar-refractivity contribution in [3.63, 3.8) is 0 Å². The van der Waals surface area contributed by atoms with Gasteiger partial charge in [0, 0.05) is 25.7 Å². The van der Waals surface area contributed by atoms with E-state index < -0.39 is 0 Å². The molecule has 0 spiro atoms. The third-order valence-corrected chi connectivity index (χ3v) is 3.27. The van der Waals surface area contributed by atoms with Crippen LogP contribution in [0.3, 0.4) is 0 Å². The number of likely N-dealkylation sites (N-methyl/N-ethyl adjacent to an activating group) is 1. The van der Waals surface area contributed by atoms with Crippen molar-refractivity contribution in [2.45, 2.75) is 32.4 Å². The molecule has 5 nitrogen and oxygen atoms in total. The molecule has 1 heterocycles. The highest BCUT2D eigenvalue weighted by molar-refractivity contribution is 5.75.